The number of anilines is 1. The first-order chi connectivity index (χ1) is 5.56. The van der Waals surface area contributed by atoms with Gasteiger partial charge in [-0.05, 0) is 17.7 Å². The third-order valence-electron chi connectivity index (χ3n) is 2.18. The second kappa shape index (κ2) is 6.12. The maximum atomic E-state index is 5.67. The lowest BCUT2D eigenvalue weighted by Crippen LogP contribution is -2.28. The lowest BCUT2D eigenvalue weighted by molar-refractivity contribution is 0.539. The van der Waals surface area contributed by atoms with Crippen LogP contribution in [0.3, 0.4) is 0 Å². The summed E-state index contributed by atoms with van der Waals surface area (Å²) in [6.45, 7) is 4.86. The van der Waals surface area contributed by atoms with Crippen molar-refractivity contribution in [2.75, 3.05) is 12.3 Å². The van der Waals surface area contributed by atoms with Gasteiger partial charge in [0.15, 0.2) is 0 Å². The van der Waals surface area contributed by atoms with Crippen LogP contribution in [0.15, 0.2) is 24.3 Å². The maximum Gasteiger partial charge on any atom is 0.0316 e. The highest BCUT2D eigenvalue weighted by Gasteiger charge is 2.17. The quantitative estimate of drug-likeness (QED) is 0.776. The van der Waals surface area contributed by atoms with Crippen LogP contribution in [0.4, 0.5) is 5.69 Å². The Morgan fingerprint density at radius 2 is 1.79 bits per heavy atom. The number of hydrogen-bond acceptors (Lipinski definition) is 2. The smallest absolute Gasteiger partial charge is 0.0316 e. The molecular formula is C10H18Cl2N2. The SMILES string of the molecule is CC(C)(CN)c1cccc(N)c1.Cl.Cl. The van der Waals surface area contributed by atoms with Gasteiger partial charge >= 0.3 is 0 Å². The Morgan fingerprint density at radius 1 is 1.21 bits per heavy atom. The van der Waals surface area contributed by atoms with Gasteiger partial charge in [-0.1, -0.05) is 26.0 Å². The van der Waals surface area contributed by atoms with E-state index in [9.17, 15) is 0 Å². The maximum absolute atomic E-state index is 5.67. The molecule has 4 N–H and O–H groups in total. The molecular weight excluding hydrogens is 219 g/mol. The minimum absolute atomic E-state index is 0. The van der Waals surface area contributed by atoms with Crippen molar-refractivity contribution in [1.82, 2.24) is 0 Å². The van der Waals surface area contributed by atoms with Gasteiger partial charge in [0.2, 0.25) is 0 Å². The first kappa shape index (κ1) is 16.0. The first-order valence-corrected chi connectivity index (χ1v) is 4.12. The molecule has 0 saturated carbocycles. The number of nitrogen functional groups attached to an aromatic ring is 1. The van der Waals surface area contributed by atoms with Crippen LogP contribution in [0.1, 0.15) is 19.4 Å². The molecule has 0 bridgehead atoms. The van der Waals surface area contributed by atoms with E-state index < -0.39 is 0 Å². The predicted octanol–water partition coefficient (Wildman–Crippen LogP) is 2.35. The van der Waals surface area contributed by atoms with Gasteiger partial charge in [0.1, 0.15) is 0 Å². The molecule has 0 fully saturated rings. The van der Waals surface area contributed by atoms with Gasteiger partial charge < -0.3 is 11.5 Å². The number of nitrogens with two attached hydrogens (primary N) is 2. The predicted molar refractivity (Wildman–Crippen MR) is 67.4 cm³/mol. The summed E-state index contributed by atoms with van der Waals surface area (Å²) in [7, 11) is 0. The molecule has 4 heteroatoms. The minimum Gasteiger partial charge on any atom is -0.399 e. The summed E-state index contributed by atoms with van der Waals surface area (Å²) in [6.07, 6.45) is 0. The molecule has 0 radical (unpaired) electrons. The Morgan fingerprint density at radius 3 is 2.21 bits per heavy atom. The summed E-state index contributed by atoms with van der Waals surface area (Å²) in [5, 5.41) is 0. The lowest BCUT2D eigenvalue weighted by atomic mass is 9.85. The molecule has 0 amide bonds. The summed E-state index contributed by atoms with van der Waals surface area (Å²) < 4.78 is 0. The fourth-order valence-corrected chi connectivity index (χ4v) is 1.08. The van der Waals surface area contributed by atoms with Crippen LogP contribution in [-0.2, 0) is 5.41 Å². The van der Waals surface area contributed by atoms with Crippen LogP contribution in [0.25, 0.3) is 0 Å². The third kappa shape index (κ3) is 3.74. The Kier molecular flexibility index (Phi) is 7.00. The first-order valence-electron chi connectivity index (χ1n) is 4.12. The molecule has 0 heterocycles. The molecule has 0 atom stereocenters. The van der Waals surface area contributed by atoms with Gasteiger partial charge in [-0.25, -0.2) is 0 Å². The second-order valence-corrected chi connectivity index (χ2v) is 3.71. The van der Waals surface area contributed by atoms with Crippen molar-refractivity contribution in [3.8, 4) is 0 Å². The Balaban J connectivity index is 0. The van der Waals surface area contributed by atoms with E-state index in [-0.39, 0.29) is 30.2 Å². The normalized spacial score (nSPS) is 9.93. The summed E-state index contributed by atoms with van der Waals surface area (Å²) in [6, 6.07) is 7.88. The molecule has 1 aromatic rings. The Bertz CT molecular complexity index is 275. The van der Waals surface area contributed by atoms with E-state index in [2.05, 4.69) is 19.9 Å². The number of benzene rings is 1. The van der Waals surface area contributed by atoms with E-state index in [4.69, 9.17) is 11.5 Å². The molecule has 0 saturated heterocycles. The van der Waals surface area contributed by atoms with Gasteiger partial charge in [-0.3, -0.25) is 0 Å². The van der Waals surface area contributed by atoms with Gasteiger partial charge in [0.05, 0.1) is 0 Å². The zero-order valence-corrected chi connectivity index (χ0v) is 10.1. The van der Waals surface area contributed by atoms with Gasteiger partial charge in [0, 0.05) is 17.6 Å². The molecule has 1 rings (SSSR count). The summed E-state index contributed by atoms with van der Waals surface area (Å²) >= 11 is 0. The average Bonchev–Trinajstić information content (AvgIpc) is 2.05. The second-order valence-electron chi connectivity index (χ2n) is 3.71. The minimum atomic E-state index is 0. The molecule has 0 aliphatic carbocycles. The van der Waals surface area contributed by atoms with Crippen molar-refractivity contribution < 1.29 is 0 Å². The molecule has 0 aromatic heterocycles. The van der Waals surface area contributed by atoms with Crippen LogP contribution in [-0.4, -0.2) is 6.54 Å². The van der Waals surface area contributed by atoms with E-state index in [0.29, 0.717) is 6.54 Å². The summed E-state index contributed by atoms with van der Waals surface area (Å²) in [5.41, 5.74) is 13.3. The van der Waals surface area contributed by atoms with Crippen LogP contribution >= 0.6 is 24.8 Å². The molecule has 14 heavy (non-hydrogen) atoms. The summed E-state index contributed by atoms with van der Waals surface area (Å²) in [4.78, 5) is 0. The number of hydrogen-bond donors (Lipinski definition) is 2. The topological polar surface area (TPSA) is 52.0 Å². The van der Waals surface area contributed by atoms with Gasteiger partial charge in [-0.15, -0.1) is 24.8 Å². The lowest BCUT2D eigenvalue weighted by Gasteiger charge is -2.23. The fraction of sp³-hybridized carbons (Fsp3) is 0.400. The van der Waals surface area contributed by atoms with Crippen LogP contribution in [0, 0.1) is 0 Å². The zero-order valence-electron chi connectivity index (χ0n) is 8.49. The summed E-state index contributed by atoms with van der Waals surface area (Å²) in [5.74, 6) is 0. The van der Waals surface area contributed by atoms with Crippen LogP contribution < -0.4 is 11.5 Å². The standard InChI is InChI=1S/C10H16N2.2ClH/c1-10(2,7-11)8-4-3-5-9(12)6-8;;/h3-6H,7,11-12H2,1-2H3;2*1H. The van der Waals surface area contributed by atoms with Crippen LogP contribution in [0.5, 0.6) is 0 Å². The van der Waals surface area contributed by atoms with Crippen molar-refractivity contribution in [2.45, 2.75) is 19.3 Å². The molecule has 0 unspecified atom stereocenters. The highest BCUT2D eigenvalue weighted by molar-refractivity contribution is 5.85. The van der Waals surface area contributed by atoms with E-state index in [1.165, 1.54) is 5.56 Å². The zero-order chi connectivity index (χ0) is 9.19. The molecule has 2 nitrogen and oxygen atoms in total. The van der Waals surface area contributed by atoms with Crippen LogP contribution in [0.2, 0.25) is 0 Å². The van der Waals surface area contributed by atoms with E-state index in [1.54, 1.807) is 0 Å². The highest BCUT2D eigenvalue weighted by atomic mass is 35.5. The van der Waals surface area contributed by atoms with Crippen molar-refractivity contribution in [3.05, 3.63) is 29.8 Å². The highest BCUT2D eigenvalue weighted by Crippen LogP contribution is 2.22. The third-order valence-corrected chi connectivity index (χ3v) is 2.18. The Labute approximate surface area is 97.9 Å². The molecule has 0 aliphatic rings. The molecule has 1 aromatic carbocycles. The van der Waals surface area contributed by atoms with E-state index in [0.717, 1.165) is 5.69 Å². The Hall–Kier alpha value is -0.440. The van der Waals surface area contributed by atoms with E-state index in [1.807, 2.05) is 18.2 Å². The van der Waals surface area contributed by atoms with Crippen molar-refractivity contribution in [3.63, 3.8) is 0 Å². The monoisotopic (exact) mass is 236 g/mol. The number of halogens is 2. The molecule has 0 spiro atoms. The average molecular weight is 237 g/mol. The fourth-order valence-electron chi connectivity index (χ4n) is 1.08. The molecule has 82 valence electrons. The van der Waals surface area contributed by atoms with Crippen molar-refractivity contribution in [1.29, 1.82) is 0 Å². The van der Waals surface area contributed by atoms with E-state index >= 15 is 0 Å². The molecule has 0 aliphatic heterocycles. The largest absolute Gasteiger partial charge is 0.399 e. The van der Waals surface area contributed by atoms with Gasteiger partial charge in [-0.2, -0.15) is 0 Å². The van der Waals surface area contributed by atoms with Crippen molar-refractivity contribution >= 4 is 30.5 Å². The number of rotatable bonds is 2. The van der Waals surface area contributed by atoms with Gasteiger partial charge in [0.25, 0.3) is 0 Å². The van der Waals surface area contributed by atoms with Crippen molar-refractivity contribution in [2.24, 2.45) is 5.73 Å².